The highest BCUT2D eigenvalue weighted by Crippen LogP contribution is 2.07. The Balaban J connectivity index is 2.16. The lowest BCUT2D eigenvalue weighted by Gasteiger charge is -2.18. The minimum absolute atomic E-state index is 0.215. The van der Waals surface area contributed by atoms with Crippen LogP contribution in [0.1, 0.15) is 6.92 Å². The molecule has 0 aliphatic carbocycles. The van der Waals surface area contributed by atoms with E-state index < -0.39 is 0 Å². The Labute approximate surface area is 91.8 Å². The average molecular weight is 208 g/mol. The van der Waals surface area contributed by atoms with E-state index in [0.29, 0.717) is 6.61 Å². The van der Waals surface area contributed by atoms with Crippen LogP contribution in [0.15, 0.2) is 30.3 Å². The zero-order chi connectivity index (χ0) is 11.1. The van der Waals surface area contributed by atoms with E-state index in [1.54, 1.807) is 0 Å². The van der Waals surface area contributed by atoms with Crippen LogP contribution in [0.2, 0.25) is 0 Å². The number of nitrogens with zero attached hydrogens (tertiary/aromatic N) is 1. The van der Waals surface area contributed by atoms with E-state index >= 15 is 0 Å². The predicted octanol–water partition coefficient (Wildman–Crippen LogP) is 1.34. The molecule has 2 N–H and O–H groups in total. The van der Waals surface area contributed by atoms with E-state index in [4.69, 9.17) is 10.5 Å². The van der Waals surface area contributed by atoms with E-state index in [2.05, 4.69) is 11.9 Å². The molecule has 0 fully saturated rings. The zero-order valence-electron chi connectivity index (χ0n) is 9.52. The fourth-order valence-corrected chi connectivity index (χ4v) is 1.42. The number of ether oxygens (including phenoxy) is 1. The highest BCUT2D eigenvalue weighted by atomic mass is 16.5. The number of rotatable bonds is 6. The lowest BCUT2D eigenvalue weighted by atomic mass is 10.3. The van der Waals surface area contributed by atoms with E-state index in [0.717, 1.165) is 18.8 Å². The van der Waals surface area contributed by atoms with Crippen LogP contribution in [-0.2, 0) is 0 Å². The lowest BCUT2D eigenvalue weighted by molar-refractivity contribution is 0.231. The van der Waals surface area contributed by atoms with Crippen LogP contribution in [0.3, 0.4) is 0 Å². The SMILES string of the molecule is CC(N)CN(C)CCOc1ccccc1. The van der Waals surface area contributed by atoms with Crippen LogP contribution in [0, 0.1) is 0 Å². The molecule has 0 bridgehead atoms. The van der Waals surface area contributed by atoms with Gasteiger partial charge in [0.25, 0.3) is 0 Å². The van der Waals surface area contributed by atoms with Gasteiger partial charge in [0, 0.05) is 19.1 Å². The maximum Gasteiger partial charge on any atom is 0.119 e. The molecular weight excluding hydrogens is 188 g/mol. The Bertz CT molecular complexity index is 262. The van der Waals surface area contributed by atoms with Crippen molar-refractivity contribution in [3.63, 3.8) is 0 Å². The van der Waals surface area contributed by atoms with Crippen molar-refractivity contribution in [2.24, 2.45) is 5.73 Å². The van der Waals surface area contributed by atoms with E-state index in [9.17, 15) is 0 Å². The average Bonchev–Trinajstić information content (AvgIpc) is 2.18. The Hall–Kier alpha value is -1.06. The third-order valence-corrected chi connectivity index (χ3v) is 2.08. The maximum absolute atomic E-state index is 5.69. The first-order chi connectivity index (χ1) is 7.18. The second-order valence-electron chi connectivity index (χ2n) is 3.90. The highest BCUT2D eigenvalue weighted by molar-refractivity contribution is 5.20. The molecule has 15 heavy (non-hydrogen) atoms. The van der Waals surface area contributed by atoms with Crippen LogP contribution in [0.4, 0.5) is 0 Å². The summed E-state index contributed by atoms with van der Waals surface area (Å²) in [5.74, 6) is 0.923. The molecule has 1 unspecified atom stereocenters. The van der Waals surface area contributed by atoms with Crippen molar-refractivity contribution < 1.29 is 4.74 Å². The molecule has 84 valence electrons. The third kappa shape index (κ3) is 5.40. The molecule has 1 aromatic rings. The molecule has 1 atom stereocenters. The van der Waals surface area contributed by atoms with Gasteiger partial charge < -0.3 is 15.4 Å². The number of likely N-dealkylation sites (N-methyl/N-ethyl adjacent to an activating group) is 1. The molecule has 0 aliphatic rings. The molecule has 0 radical (unpaired) electrons. The monoisotopic (exact) mass is 208 g/mol. The smallest absolute Gasteiger partial charge is 0.119 e. The molecule has 1 aromatic carbocycles. The Morgan fingerprint density at radius 3 is 2.60 bits per heavy atom. The quantitative estimate of drug-likeness (QED) is 0.767. The van der Waals surface area contributed by atoms with E-state index in [1.807, 2.05) is 37.3 Å². The molecule has 1 rings (SSSR count). The van der Waals surface area contributed by atoms with Crippen LogP contribution >= 0.6 is 0 Å². The molecule has 3 heteroatoms. The molecule has 0 saturated carbocycles. The van der Waals surface area contributed by atoms with Gasteiger partial charge in [0.05, 0.1) is 0 Å². The van der Waals surface area contributed by atoms with Crippen molar-refractivity contribution in [2.75, 3.05) is 26.7 Å². The van der Waals surface area contributed by atoms with Crippen molar-refractivity contribution in [1.82, 2.24) is 4.90 Å². The first-order valence-electron chi connectivity index (χ1n) is 5.30. The highest BCUT2D eigenvalue weighted by Gasteiger charge is 2.01. The molecule has 3 nitrogen and oxygen atoms in total. The predicted molar refractivity (Wildman–Crippen MR) is 63.1 cm³/mol. The van der Waals surface area contributed by atoms with Gasteiger partial charge in [-0.2, -0.15) is 0 Å². The number of hydrogen-bond donors (Lipinski definition) is 1. The van der Waals surface area contributed by atoms with Gasteiger partial charge in [-0.15, -0.1) is 0 Å². The second-order valence-corrected chi connectivity index (χ2v) is 3.90. The Kier molecular flexibility index (Phi) is 5.15. The standard InChI is InChI=1S/C12H20N2O/c1-11(13)10-14(2)8-9-15-12-6-4-3-5-7-12/h3-7,11H,8-10,13H2,1-2H3. The number of benzene rings is 1. The summed E-state index contributed by atoms with van der Waals surface area (Å²) in [6.07, 6.45) is 0. The van der Waals surface area contributed by atoms with Crippen LogP contribution in [0.5, 0.6) is 5.75 Å². The zero-order valence-corrected chi connectivity index (χ0v) is 9.52. The second kappa shape index (κ2) is 6.43. The molecule has 0 saturated heterocycles. The van der Waals surface area contributed by atoms with Crippen molar-refractivity contribution in [3.8, 4) is 5.75 Å². The number of para-hydroxylation sites is 1. The first kappa shape index (κ1) is 12.0. The summed E-state index contributed by atoms with van der Waals surface area (Å²) in [6, 6.07) is 10.1. The summed E-state index contributed by atoms with van der Waals surface area (Å²) >= 11 is 0. The van der Waals surface area contributed by atoms with Crippen molar-refractivity contribution in [2.45, 2.75) is 13.0 Å². The fourth-order valence-electron chi connectivity index (χ4n) is 1.42. The van der Waals surface area contributed by atoms with Gasteiger partial charge in [-0.05, 0) is 26.1 Å². The van der Waals surface area contributed by atoms with Gasteiger partial charge in [-0.1, -0.05) is 18.2 Å². The summed E-state index contributed by atoms with van der Waals surface area (Å²) in [7, 11) is 2.05. The molecular formula is C12H20N2O. The maximum atomic E-state index is 5.69. The third-order valence-electron chi connectivity index (χ3n) is 2.08. The Morgan fingerprint density at radius 2 is 2.00 bits per heavy atom. The van der Waals surface area contributed by atoms with Gasteiger partial charge in [0.2, 0.25) is 0 Å². The molecule has 0 aromatic heterocycles. The van der Waals surface area contributed by atoms with Gasteiger partial charge >= 0.3 is 0 Å². The van der Waals surface area contributed by atoms with Crippen molar-refractivity contribution in [1.29, 1.82) is 0 Å². The molecule has 0 heterocycles. The molecule has 0 spiro atoms. The summed E-state index contributed by atoms with van der Waals surface area (Å²) in [6.45, 7) is 4.51. The van der Waals surface area contributed by atoms with Gasteiger partial charge in [-0.3, -0.25) is 0 Å². The van der Waals surface area contributed by atoms with E-state index in [1.165, 1.54) is 0 Å². The van der Waals surface area contributed by atoms with Crippen LogP contribution in [-0.4, -0.2) is 37.7 Å². The summed E-state index contributed by atoms with van der Waals surface area (Å²) in [5, 5.41) is 0. The summed E-state index contributed by atoms with van der Waals surface area (Å²) < 4.78 is 5.58. The minimum atomic E-state index is 0.215. The normalized spacial score (nSPS) is 12.8. The summed E-state index contributed by atoms with van der Waals surface area (Å²) in [5.41, 5.74) is 5.69. The van der Waals surface area contributed by atoms with Crippen LogP contribution in [0.25, 0.3) is 0 Å². The Morgan fingerprint density at radius 1 is 1.33 bits per heavy atom. The summed E-state index contributed by atoms with van der Waals surface area (Å²) in [4.78, 5) is 2.17. The topological polar surface area (TPSA) is 38.5 Å². The van der Waals surface area contributed by atoms with Gasteiger partial charge in [0.1, 0.15) is 12.4 Å². The van der Waals surface area contributed by atoms with Crippen molar-refractivity contribution in [3.05, 3.63) is 30.3 Å². The van der Waals surface area contributed by atoms with E-state index in [-0.39, 0.29) is 6.04 Å². The minimum Gasteiger partial charge on any atom is -0.492 e. The first-order valence-corrected chi connectivity index (χ1v) is 5.30. The molecule has 0 amide bonds. The van der Waals surface area contributed by atoms with Crippen molar-refractivity contribution >= 4 is 0 Å². The molecule has 0 aliphatic heterocycles. The fraction of sp³-hybridized carbons (Fsp3) is 0.500. The lowest BCUT2D eigenvalue weighted by Crippen LogP contribution is -2.35. The van der Waals surface area contributed by atoms with Gasteiger partial charge in [0.15, 0.2) is 0 Å². The number of hydrogen-bond acceptors (Lipinski definition) is 3. The van der Waals surface area contributed by atoms with Crippen LogP contribution < -0.4 is 10.5 Å². The largest absolute Gasteiger partial charge is 0.492 e. The van der Waals surface area contributed by atoms with Gasteiger partial charge in [-0.25, -0.2) is 0 Å². The number of nitrogens with two attached hydrogens (primary N) is 1.